The normalized spacial score (nSPS) is 10.6. The molecular formula is C12H14O. The van der Waals surface area contributed by atoms with Crippen molar-refractivity contribution >= 4 is 6.08 Å². The molecule has 1 nitrogen and oxygen atoms in total. The van der Waals surface area contributed by atoms with E-state index >= 15 is 0 Å². The zero-order valence-corrected chi connectivity index (χ0v) is 8.08. The fraction of sp³-hybridized carbons (Fsp3) is 0.250. The number of hydrogen-bond acceptors (Lipinski definition) is 1. The van der Waals surface area contributed by atoms with Gasteiger partial charge in [-0.25, -0.2) is 0 Å². The first-order chi connectivity index (χ1) is 6.25. The van der Waals surface area contributed by atoms with Gasteiger partial charge in [-0.1, -0.05) is 43.3 Å². The van der Waals surface area contributed by atoms with Crippen LogP contribution in [-0.4, -0.2) is 0 Å². The topological polar surface area (TPSA) is 17.1 Å². The third kappa shape index (κ3) is 2.55. The fourth-order valence-corrected chi connectivity index (χ4v) is 1.11. The Kier molecular flexibility index (Phi) is 3.44. The third-order valence-corrected chi connectivity index (χ3v) is 1.89. The van der Waals surface area contributed by atoms with Gasteiger partial charge in [0.15, 0.2) is 5.43 Å². The summed E-state index contributed by atoms with van der Waals surface area (Å²) in [5, 5.41) is 0. The Hall–Kier alpha value is -1.37. The van der Waals surface area contributed by atoms with Crippen LogP contribution in [0.3, 0.4) is 0 Å². The van der Waals surface area contributed by atoms with Crippen LogP contribution < -0.4 is 5.43 Å². The predicted octanol–water partition coefficient (Wildman–Crippen LogP) is 2.78. The van der Waals surface area contributed by atoms with Crippen LogP contribution in [0.15, 0.2) is 35.1 Å². The molecule has 13 heavy (non-hydrogen) atoms. The highest BCUT2D eigenvalue weighted by atomic mass is 16.1. The van der Waals surface area contributed by atoms with E-state index in [0.29, 0.717) is 0 Å². The van der Waals surface area contributed by atoms with Gasteiger partial charge in [-0.3, -0.25) is 4.79 Å². The van der Waals surface area contributed by atoms with Gasteiger partial charge in [0, 0.05) is 5.56 Å². The SMILES string of the molecule is CC/C=C/c1ccccc(C)c1=O. The summed E-state index contributed by atoms with van der Waals surface area (Å²) in [7, 11) is 0. The van der Waals surface area contributed by atoms with E-state index in [2.05, 4.69) is 6.92 Å². The number of hydrogen-bond donors (Lipinski definition) is 0. The second-order valence-corrected chi connectivity index (χ2v) is 3.00. The van der Waals surface area contributed by atoms with Crippen molar-refractivity contribution < 1.29 is 0 Å². The molecule has 0 unspecified atom stereocenters. The van der Waals surface area contributed by atoms with Gasteiger partial charge in [0.1, 0.15) is 0 Å². The average molecular weight is 174 g/mol. The van der Waals surface area contributed by atoms with Crippen LogP contribution in [0.2, 0.25) is 0 Å². The van der Waals surface area contributed by atoms with Crippen LogP contribution in [0.4, 0.5) is 0 Å². The highest BCUT2D eigenvalue weighted by Gasteiger charge is 1.94. The molecule has 0 aliphatic carbocycles. The first-order valence-electron chi connectivity index (χ1n) is 4.52. The molecule has 0 fully saturated rings. The quantitative estimate of drug-likeness (QED) is 0.673. The number of allylic oxidation sites excluding steroid dienone is 1. The molecule has 0 N–H and O–H groups in total. The van der Waals surface area contributed by atoms with E-state index in [4.69, 9.17) is 0 Å². The number of aryl methyl sites for hydroxylation is 1. The molecule has 0 atom stereocenters. The second kappa shape index (κ2) is 4.61. The highest BCUT2D eigenvalue weighted by Crippen LogP contribution is 1.97. The second-order valence-electron chi connectivity index (χ2n) is 3.00. The van der Waals surface area contributed by atoms with Gasteiger partial charge in [0.25, 0.3) is 0 Å². The van der Waals surface area contributed by atoms with Crippen molar-refractivity contribution in [2.75, 3.05) is 0 Å². The van der Waals surface area contributed by atoms with Crippen molar-refractivity contribution in [2.24, 2.45) is 0 Å². The molecule has 0 amide bonds. The van der Waals surface area contributed by atoms with Gasteiger partial charge in [-0.05, 0) is 18.9 Å². The Balaban J connectivity index is 3.24. The molecule has 68 valence electrons. The molecule has 1 aromatic rings. The lowest BCUT2D eigenvalue weighted by atomic mass is 10.2. The maximum atomic E-state index is 11.6. The van der Waals surface area contributed by atoms with E-state index in [9.17, 15) is 4.79 Å². The minimum Gasteiger partial charge on any atom is -0.289 e. The van der Waals surface area contributed by atoms with E-state index in [-0.39, 0.29) is 5.43 Å². The van der Waals surface area contributed by atoms with Crippen LogP contribution >= 0.6 is 0 Å². The van der Waals surface area contributed by atoms with Gasteiger partial charge in [0.05, 0.1) is 0 Å². The van der Waals surface area contributed by atoms with Gasteiger partial charge < -0.3 is 0 Å². The molecule has 0 heterocycles. The van der Waals surface area contributed by atoms with Crippen molar-refractivity contribution in [2.45, 2.75) is 20.3 Å². The summed E-state index contributed by atoms with van der Waals surface area (Å²) < 4.78 is 0. The van der Waals surface area contributed by atoms with Gasteiger partial charge in [0.2, 0.25) is 0 Å². The Bertz CT molecular complexity index is 364. The van der Waals surface area contributed by atoms with E-state index < -0.39 is 0 Å². The van der Waals surface area contributed by atoms with Gasteiger partial charge >= 0.3 is 0 Å². The van der Waals surface area contributed by atoms with Crippen LogP contribution in [-0.2, 0) is 0 Å². The zero-order chi connectivity index (χ0) is 9.68. The van der Waals surface area contributed by atoms with Crippen LogP contribution in [0.5, 0.6) is 0 Å². The summed E-state index contributed by atoms with van der Waals surface area (Å²) in [5.74, 6) is 0. The van der Waals surface area contributed by atoms with Crippen molar-refractivity contribution in [3.8, 4) is 0 Å². The van der Waals surface area contributed by atoms with Crippen LogP contribution in [0, 0.1) is 6.92 Å². The minimum atomic E-state index is 0.120. The Morgan fingerprint density at radius 3 is 2.69 bits per heavy atom. The summed E-state index contributed by atoms with van der Waals surface area (Å²) in [6, 6.07) is 7.47. The lowest BCUT2D eigenvalue weighted by molar-refractivity contribution is 1.23. The van der Waals surface area contributed by atoms with Crippen LogP contribution in [0.25, 0.3) is 6.08 Å². The zero-order valence-electron chi connectivity index (χ0n) is 8.08. The van der Waals surface area contributed by atoms with Crippen LogP contribution in [0.1, 0.15) is 24.5 Å². The molecule has 1 aromatic carbocycles. The summed E-state index contributed by atoms with van der Waals surface area (Å²) in [4.78, 5) is 11.6. The van der Waals surface area contributed by atoms with E-state index in [1.807, 2.05) is 43.3 Å². The third-order valence-electron chi connectivity index (χ3n) is 1.89. The van der Waals surface area contributed by atoms with Crippen molar-refractivity contribution in [3.63, 3.8) is 0 Å². The Labute approximate surface area is 78.7 Å². The first kappa shape index (κ1) is 9.72. The molecule has 1 heteroatoms. The van der Waals surface area contributed by atoms with Crippen molar-refractivity contribution in [1.82, 2.24) is 0 Å². The Morgan fingerprint density at radius 1 is 1.31 bits per heavy atom. The molecule has 1 rings (SSSR count). The summed E-state index contributed by atoms with van der Waals surface area (Å²) >= 11 is 0. The van der Waals surface area contributed by atoms with Gasteiger partial charge in [-0.15, -0.1) is 0 Å². The lowest BCUT2D eigenvalue weighted by Gasteiger charge is -1.86. The Morgan fingerprint density at radius 2 is 2.00 bits per heavy atom. The number of rotatable bonds is 2. The lowest BCUT2D eigenvalue weighted by Crippen LogP contribution is -2.03. The molecule has 0 spiro atoms. The van der Waals surface area contributed by atoms with E-state index in [1.54, 1.807) is 0 Å². The monoisotopic (exact) mass is 174 g/mol. The molecule has 0 aromatic heterocycles. The molecule has 0 saturated carbocycles. The maximum Gasteiger partial charge on any atom is 0.188 e. The first-order valence-corrected chi connectivity index (χ1v) is 4.52. The van der Waals surface area contributed by atoms with Crippen molar-refractivity contribution in [3.05, 3.63) is 51.7 Å². The minimum absolute atomic E-state index is 0.120. The highest BCUT2D eigenvalue weighted by molar-refractivity contribution is 5.49. The predicted molar refractivity (Wildman–Crippen MR) is 56.8 cm³/mol. The van der Waals surface area contributed by atoms with Gasteiger partial charge in [-0.2, -0.15) is 0 Å². The standard InChI is InChI=1S/C12H14O/c1-3-4-8-11-9-6-5-7-10(2)12(11)13/h4-9H,3H2,1-2H3/b8-4+. The fourth-order valence-electron chi connectivity index (χ4n) is 1.11. The maximum absolute atomic E-state index is 11.6. The smallest absolute Gasteiger partial charge is 0.188 e. The molecule has 0 bridgehead atoms. The molecule has 0 saturated heterocycles. The summed E-state index contributed by atoms with van der Waals surface area (Å²) in [5.41, 5.74) is 1.68. The summed E-state index contributed by atoms with van der Waals surface area (Å²) in [6.07, 6.45) is 4.84. The average Bonchev–Trinajstić information content (AvgIpc) is 2.28. The van der Waals surface area contributed by atoms with E-state index in [0.717, 1.165) is 17.5 Å². The van der Waals surface area contributed by atoms with E-state index in [1.165, 1.54) is 0 Å². The molecule has 0 aliphatic heterocycles. The van der Waals surface area contributed by atoms with Crippen molar-refractivity contribution in [1.29, 1.82) is 0 Å². The largest absolute Gasteiger partial charge is 0.289 e. The summed E-state index contributed by atoms with van der Waals surface area (Å²) in [6.45, 7) is 3.89. The molecule has 0 aliphatic rings. The molecule has 0 radical (unpaired) electrons. The molecular weight excluding hydrogens is 160 g/mol.